The van der Waals surface area contributed by atoms with Crippen molar-refractivity contribution in [1.29, 1.82) is 0 Å². The number of nitrogens with one attached hydrogen (secondary N) is 1. The van der Waals surface area contributed by atoms with Gasteiger partial charge in [-0.3, -0.25) is 0 Å². The minimum atomic E-state index is -1.10. The number of benzene rings is 2. The highest BCUT2D eigenvalue weighted by atomic mass is 16.5. The molecule has 1 aliphatic rings. The van der Waals surface area contributed by atoms with E-state index in [4.69, 9.17) is 4.74 Å². The smallest absolute Gasteiger partial charge is 0.407 e. The summed E-state index contributed by atoms with van der Waals surface area (Å²) in [6, 6.07) is 15.1. The fourth-order valence-electron chi connectivity index (χ4n) is 3.60. The van der Waals surface area contributed by atoms with Crippen molar-refractivity contribution in [3.63, 3.8) is 0 Å². The zero-order valence-electron chi connectivity index (χ0n) is 15.9. The molecule has 2 atom stereocenters. The van der Waals surface area contributed by atoms with E-state index in [-0.39, 0.29) is 18.4 Å². The summed E-state index contributed by atoms with van der Waals surface area (Å²) >= 11 is 0. The summed E-state index contributed by atoms with van der Waals surface area (Å²) in [6.45, 7) is 3.59. The number of alkyl carbamates (subject to hydrolysis) is 1. The second kappa shape index (κ2) is 8.62. The molecule has 5 heteroatoms. The molecule has 0 saturated carbocycles. The van der Waals surface area contributed by atoms with Crippen LogP contribution >= 0.6 is 0 Å². The number of hydrogen-bond acceptors (Lipinski definition) is 3. The third-order valence-electron chi connectivity index (χ3n) is 5.05. The molecule has 144 valence electrons. The van der Waals surface area contributed by atoms with Crippen LogP contribution in [0.2, 0.25) is 0 Å². The first-order valence-electron chi connectivity index (χ1n) is 9.26. The van der Waals surface area contributed by atoms with Gasteiger partial charge in [0.15, 0.2) is 0 Å². The topological polar surface area (TPSA) is 75.6 Å². The Bertz CT molecular complexity index is 895. The molecular weight excluding hydrogens is 354 g/mol. The Morgan fingerprint density at radius 1 is 1.11 bits per heavy atom. The number of carboxylic acids is 1. The van der Waals surface area contributed by atoms with Crippen molar-refractivity contribution in [3.05, 3.63) is 59.7 Å². The van der Waals surface area contributed by atoms with E-state index in [9.17, 15) is 14.7 Å². The molecule has 0 radical (unpaired) electrons. The molecular formula is C23H23NO4. The Balaban J connectivity index is 1.69. The van der Waals surface area contributed by atoms with Gasteiger partial charge in [0.05, 0.1) is 0 Å². The predicted octanol–water partition coefficient (Wildman–Crippen LogP) is 4.03. The maximum atomic E-state index is 12.3. The van der Waals surface area contributed by atoms with Crippen LogP contribution < -0.4 is 5.32 Å². The molecule has 5 nitrogen and oxygen atoms in total. The Morgan fingerprint density at radius 2 is 1.68 bits per heavy atom. The molecule has 0 spiro atoms. The lowest BCUT2D eigenvalue weighted by atomic mass is 9.98. The molecule has 0 aliphatic heterocycles. The second-order valence-electron chi connectivity index (χ2n) is 6.89. The van der Waals surface area contributed by atoms with Crippen LogP contribution in [-0.4, -0.2) is 29.8 Å². The molecule has 1 amide bonds. The number of rotatable bonds is 6. The lowest BCUT2D eigenvalue weighted by Crippen LogP contribution is -2.45. The van der Waals surface area contributed by atoms with E-state index in [0.717, 1.165) is 22.3 Å². The van der Waals surface area contributed by atoms with Crippen molar-refractivity contribution >= 4 is 12.1 Å². The van der Waals surface area contributed by atoms with Crippen LogP contribution in [0.5, 0.6) is 0 Å². The fourth-order valence-corrected chi connectivity index (χ4v) is 3.60. The summed E-state index contributed by atoms with van der Waals surface area (Å²) in [5, 5.41) is 11.9. The fraction of sp³-hybridized carbons (Fsp3) is 0.304. The molecule has 1 aliphatic carbocycles. The van der Waals surface area contributed by atoms with Gasteiger partial charge in [-0.1, -0.05) is 55.5 Å². The normalized spacial score (nSPS) is 14.1. The summed E-state index contributed by atoms with van der Waals surface area (Å²) in [5.74, 6) is 4.10. The maximum Gasteiger partial charge on any atom is 0.407 e. The van der Waals surface area contributed by atoms with Gasteiger partial charge in [-0.15, -0.1) is 11.8 Å². The summed E-state index contributed by atoms with van der Waals surface area (Å²) < 4.78 is 5.43. The molecule has 0 saturated heterocycles. The van der Waals surface area contributed by atoms with Gasteiger partial charge >= 0.3 is 12.1 Å². The number of hydrogen-bond donors (Lipinski definition) is 2. The minimum Gasteiger partial charge on any atom is -0.480 e. The molecule has 0 aromatic heterocycles. The molecule has 0 bridgehead atoms. The molecule has 2 aromatic rings. The Kier molecular flexibility index (Phi) is 6.00. The monoisotopic (exact) mass is 377 g/mol. The van der Waals surface area contributed by atoms with Gasteiger partial charge in [0.25, 0.3) is 0 Å². The first kappa shape index (κ1) is 19.5. The zero-order chi connectivity index (χ0) is 20.1. The van der Waals surface area contributed by atoms with Crippen molar-refractivity contribution in [2.45, 2.75) is 32.2 Å². The van der Waals surface area contributed by atoms with E-state index in [1.54, 1.807) is 13.8 Å². The molecule has 0 unspecified atom stereocenters. The van der Waals surface area contributed by atoms with E-state index in [1.165, 1.54) is 0 Å². The number of carbonyl (C=O) groups is 2. The van der Waals surface area contributed by atoms with Gasteiger partial charge in [0.1, 0.15) is 12.6 Å². The third-order valence-corrected chi connectivity index (χ3v) is 5.05. The Labute approximate surface area is 164 Å². The van der Waals surface area contributed by atoms with Gasteiger partial charge in [0, 0.05) is 12.3 Å². The third kappa shape index (κ3) is 4.01. The first-order valence-corrected chi connectivity index (χ1v) is 9.26. The van der Waals surface area contributed by atoms with Gasteiger partial charge in [0.2, 0.25) is 0 Å². The largest absolute Gasteiger partial charge is 0.480 e. The van der Waals surface area contributed by atoms with Crippen LogP contribution in [0.4, 0.5) is 4.79 Å². The predicted molar refractivity (Wildman–Crippen MR) is 107 cm³/mol. The molecule has 0 fully saturated rings. The lowest BCUT2D eigenvalue weighted by Gasteiger charge is -2.20. The van der Waals surface area contributed by atoms with Crippen molar-refractivity contribution < 1.29 is 19.4 Å². The van der Waals surface area contributed by atoms with Crippen LogP contribution in [-0.2, 0) is 9.53 Å². The highest BCUT2D eigenvalue weighted by Crippen LogP contribution is 2.44. The number of ether oxygens (including phenoxy) is 1. The van der Waals surface area contributed by atoms with E-state index in [1.807, 2.05) is 36.4 Å². The molecule has 0 heterocycles. The second-order valence-corrected chi connectivity index (χ2v) is 6.89. The average Bonchev–Trinajstić information content (AvgIpc) is 3.02. The van der Waals surface area contributed by atoms with Gasteiger partial charge in [-0.2, -0.15) is 0 Å². The van der Waals surface area contributed by atoms with Crippen LogP contribution in [0.25, 0.3) is 11.1 Å². The number of carbonyl (C=O) groups excluding carboxylic acids is 1. The van der Waals surface area contributed by atoms with E-state index in [2.05, 4.69) is 29.3 Å². The number of carboxylic acid groups (broad SMARTS) is 1. The summed E-state index contributed by atoms with van der Waals surface area (Å²) in [7, 11) is 0. The summed E-state index contributed by atoms with van der Waals surface area (Å²) in [4.78, 5) is 23.8. The van der Waals surface area contributed by atoms with Gasteiger partial charge in [-0.25, -0.2) is 9.59 Å². The van der Waals surface area contributed by atoms with Crippen LogP contribution in [0.3, 0.4) is 0 Å². The highest BCUT2D eigenvalue weighted by molar-refractivity contribution is 5.81. The van der Waals surface area contributed by atoms with E-state index >= 15 is 0 Å². The zero-order valence-corrected chi connectivity index (χ0v) is 15.9. The van der Waals surface area contributed by atoms with Crippen LogP contribution in [0, 0.1) is 17.8 Å². The van der Waals surface area contributed by atoms with Gasteiger partial charge in [-0.05, 0) is 35.1 Å². The first-order chi connectivity index (χ1) is 13.5. The number of fused-ring (bicyclic) bond motifs is 3. The average molecular weight is 377 g/mol. The van der Waals surface area contributed by atoms with E-state index < -0.39 is 18.1 Å². The minimum absolute atomic E-state index is 0.0650. The standard InChI is InChI=1S/C23H23NO4/c1-3-4-9-15(2)21(22(25)26)24-23(27)28-14-20-18-12-7-5-10-16(18)17-11-6-8-13-19(17)20/h5-8,10-13,15,20-21H,9,14H2,1-2H3,(H,24,27)(H,25,26)/t15-,21+/m1/s1. The lowest BCUT2D eigenvalue weighted by molar-refractivity contribution is -0.140. The van der Waals surface area contributed by atoms with Crippen LogP contribution in [0.1, 0.15) is 37.3 Å². The van der Waals surface area contributed by atoms with Gasteiger partial charge < -0.3 is 15.2 Å². The van der Waals surface area contributed by atoms with Crippen LogP contribution in [0.15, 0.2) is 48.5 Å². The molecule has 3 rings (SSSR count). The number of aliphatic carboxylic acids is 1. The molecule has 2 N–H and O–H groups in total. The SMILES string of the molecule is CC#CC[C@@H](C)[C@H](NC(=O)OCC1c2ccccc2-c2ccccc21)C(=O)O. The van der Waals surface area contributed by atoms with Crippen molar-refractivity contribution in [3.8, 4) is 23.0 Å². The molecule has 28 heavy (non-hydrogen) atoms. The quantitative estimate of drug-likeness (QED) is 0.746. The highest BCUT2D eigenvalue weighted by Gasteiger charge is 2.30. The summed E-state index contributed by atoms with van der Waals surface area (Å²) in [6.07, 6.45) is -0.345. The van der Waals surface area contributed by atoms with Crippen molar-refractivity contribution in [1.82, 2.24) is 5.32 Å². The van der Waals surface area contributed by atoms with Crippen molar-refractivity contribution in [2.75, 3.05) is 6.61 Å². The van der Waals surface area contributed by atoms with Crippen molar-refractivity contribution in [2.24, 2.45) is 5.92 Å². The maximum absolute atomic E-state index is 12.3. The Hall–Kier alpha value is -3.26. The number of amides is 1. The molecule has 2 aromatic carbocycles. The Morgan fingerprint density at radius 3 is 2.21 bits per heavy atom. The van der Waals surface area contributed by atoms with E-state index in [0.29, 0.717) is 6.42 Å². The summed E-state index contributed by atoms with van der Waals surface area (Å²) in [5.41, 5.74) is 4.50.